The van der Waals surface area contributed by atoms with Crippen LogP contribution in [0.5, 0.6) is 0 Å². The number of unbranched alkanes of at least 4 members (excludes halogenated alkanes) is 1. The van der Waals surface area contributed by atoms with Crippen LogP contribution in [0.25, 0.3) is 0 Å². The van der Waals surface area contributed by atoms with Gasteiger partial charge in [0.1, 0.15) is 0 Å². The number of rotatable bonds is 5. The van der Waals surface area contributed by atoms with Gasteiger partial charge in [-0.25, -0.2) is 0 Å². The molecular weight excluding hydrogens is 186 g/mol. The average molecular weight is 209 g/mol. The van der Waals surface area contributed by atoms with E-state index in [9.17, 15) is 0 Å². The predicted molar refractivity (Wildman–Crippen MR) is 64.0 cm³/mol. The molecule has 0 spiro atoms. The first-order valence-corrected chi connectivity index (χ1v) is 5.81. The lowest BCUT2D eigenvalue weighted by molar-refractivity contribution is 0.550. The third-order valence-corrected chi connectivity index (χ3v) is 2.98. The molecule has 1 heterocycles. The van der Waals surface area contributed by atoms with Crippen LogP contribution in [0.2, 0.25) is 0 Å². The summed E-state index contributed by atoms with van der Waals surface area (Å²) in [6.45, 7) is 9.73. The molecule has 1 atom stereocenters. The van der Waals surface area contributed by atoms with Crippen LogP contribution >= 0.6 is 0 Å². The second kappa shape index (κ2) is 5.31. The molecule has 1 unspecified atom stereocenters. The Morgan fingerprint density at radius 3 is 2.53 bits per heavy atom. The van der Waals surface area contributed by atoms with Crippen LogP contribution in [-0.2, 0) is 7.05 Å². The summed E-state index contributed by atoms with van der Waals surface area (Å²) in [6.07, 6.45) is 2.48. The lowest BCUT2D eigenvalue weighted by Crippen LogP contribution is -2.20. The predicted octanol–water partition coefficient (Wildman–Crippen LogP) is 2.49. The quantitative estimate of drug-likeness (QED) is 0.755. The molecule has 1 rings (SSSR count). The van der Waals surface area contributed by atoms with Crippen LogP contribution < -0.4 is 5.32 Å². The van der Waals surface area contributed by atoms with Crippen LogP contribution in [0.1, 0.15) is 49.7 Å². The van der Waals surface area contributed by atoms with Crippen molar-refractivity contribution >= 4 is 0 Å². The Labute approximate surface area is 92.9 Å². The molecule has 0 aliphatic heterocycles. The Morgan fingerprint density at radius 1 is 1.40 bits per heavy atom. The van der Waals surface area contributed by atoms with Crippen molar-refractivity contribution in [2.45, 2.75) is 46.6 Å². The Balaban J connectivity index is 2.68. The van der Waals surface area contributed by atoms with Gasteiger partial charge in [0.05, 0.1) is 5.69 Å². The first-order chi connectivity index (χ1) is 7.07. The first kappa shape index (κ1) is 12.2. The molecule has 15 heavy (non-hydrogen) atoms. The lowest BCUT2D eigenvalue weighted by atomic mass is 10.1. The summed E-state index contributed by atoms with van der Waals surface area (Å²) in [5.41, 5.74) is 3.77. The maximum atomic E-state index is 4.44. The van der Waals surface area contributed by atoms with Crippen LogP contribution in [0.4, 0.5) is 0 Å². The Hall–Kier alpha value is -0.830. The van der Waals surface area contributed by atoms with E-state index in [1.165, 1.54) is 24.1 Å². The highest BCUT2D eigenvalue weighted by molar-refractivity contribution is 5.27. The number of nitrogens with zero attached hydrogens (tertiary/aromatic N) is 2. The molecule has 0 saturated heterocycles. The molecule has 0 aliphatic rings. The number of nitrogens with one attached hydrogen (secondary N) is 1. The van der Waals surface area contributed by atoms with Gasteiger partial charge < -0.3 is 5.32 Å². The molecule has 1 N–H and O–H groups in total. The van der Waals surface area contributed by atoms with E-state index in [1.54, 1.807) is 0 Å². The Kier molecular flexibility index (Phi) is 4.33. The maximum absolute atomic E-state index is 4.44. The molecule has 0 radical (unpaired) electrons. The van der Waals surface area contributed by atoms with Crippen molar-refractivity contribution in [2.75, 3.05) is 6.54 Å². The van der Waals surface area contributed by atoms with E-state index in [0.29, 0.717) is 6.04 Å². The van der Waals surface area contributed by atoms with Crippen molar-refractivity contribution in [1.29, 1.82) is 0 Å². The van der Waals surface area contributed by atoms with Gasteiger partial charge >= 0.3 is 0 Å². The van der Waals surface area contributed by atoms with Crippen LogP contribution in [0, 0.1) is 13.8 Å². The molecule has 0 saturated carbocycles. The zero-order valence-corrected chi connectivity index (χ0v) is 10.6. The molecule has 0 amide bonds. The summed E-state index contributed by atoms with van der Waals surface area (Å²) in [4.78, 5) is 0. The number of hydrogen-bond donors (Lipinski definition) is 1. The fraction of sp³-hybridized carbons (Fsp3) is 0.750. The molecule has 0 bridgehead atoms. The molecule has 0 fully saturated rings. The van der Waals surface area contributed by atoms with Gasteiger partial charge in [0, 0.05) is 24.3 Å². The minimum absolute atomic E-state index is 0.408. The van der Waals surface area contributed by atoms with Crippen molar-refractivity contribution in [1.82, 2.24) is 15.1 Å². The average Bonchev–Trinajstić information content (AvgIpc) is 2.41. The summed E-state index contributed by atoms with van der Waals surface area (Å²) >= 11 is 0. The first-order valence-electron chi connectivity index (χ1n) is 5.81. The van der Waals surface area contributed by atoms with Crippen molar-refractivity contribution in [2.24, 2.45) is 7.05 Å². The molecule has 1 aromatic rings. The van der Waals surface area contributed by atoms with Crippen LogP contribution in [0.3, 0.4) is 0 Å². The van der Waals surface area contributed by atoms with Gasteiger partial charge in [-0.05, 0) is 33.7 Å². The van der Waals surface area contributed by atoms with Gasteiger partial charge in [-0.3, -0.25) is 4.68 Å². The molecular formula is C12H23N3. The Bertz CT molecular complexity index is 315. The standard InChI is InChI=1S/C12H23N3/c1-6-7-8-13-9(2)12-10(3)14-15(5)11(12)4/h9,13H,6-8H2,1-5H3. The van der Waals surface area contributed by atoms with E-state index in [2.05, 4.69) is 38.1 Å². The maximum Gasteiger partial charge on any atom is 0.0644 e. The van der Waals surface area contributed by atoms with E-state index in [-0.39, 0.29) is 0 Å². The highest BCUT2D eigenvalue weighted by Crippen LogP contribution is 2.20. The number of hydrogen-bond acceptors (Lipinski definition) is 2. The topological polar surface area (TPSA) is 29.9 Å². The zero-order valence-electron chi connectivity index (χ0n) is 10.6. The minimum atomic E-state index is 0.408. The van der Waals surface area contributed by atoms with E-state index < -0.39 is 0 Å². The second-order valence-electron chi connectivity index (χ2n) is 4.24. The van der Waals surface area contributed by atoms with E-state index in [4.69, 9.17) is 0 Å². The minimum Gasteiger partial charge on any atom is -0.310 e. The smallest absolute Gasteiger partial charge is 0.0644 e. The second-order valence-corrected chi connectivity index (χ2v) is 4.24. The van der Waals surface area contributed by atoms with Gasteiger partial charge in [-0.1, -0.05) is 13.3 Å². The monoisotopic (exact) mass is 209 g/mol. The molecule has 3 heteroatoms. The molecule has 1 aromatic heterocycles. The van der Waals surface area contributed by atoms with Gasteiger partial charge in [-0.15, -0.1) is 0 Å². The summed E-state index contributed by atoms with van der Waals surface area (Å²) in [5, 5.41) is 7.98. The normalized spacial score (nSPS) is 13.1. The highest BCUT2D eigenvalue weighted by Gasteiger charge is 2.14. The third kappa shape index (κ3) is 2.81. The van der Waals surface area contributed by atoms with Crippen molar-refractivity contribution in [3.8, 4) is 0 Å². The van der Waals surface area contributed by atoms with E-state index in [0.717, 1.165) is 12.2 Å². The van der Waals surface area contributed by atoms with Gasteiger partial charge in [0.2, 0.25) is 0 Å². The van der Waals surface area contributed by atoms with Gasteiger partial charge in [0.15, 0.2) is 0 Å². The zero-order chi connectivity index (χ0) is 11.4. The van der Waals surface area contributed by atoms with Crippen molar-refractivity contribution < 1.29 is 0 Å². The molecule has 0 aliphatic carbocycles. The van der Waals surface area contributed by atoms with Gasteiger partial charge in [0.25, 0.3) is 0 Å². The van der Waals surface area contributed by atoms with Crippen molar-refractivity contribution in [3.63, 3.8) is 0 Å². The summed E-state index contributed by atoms with van der Waals surface area (Å²) in [7, 11) is 2.00. The van der Waals surface area contributed by atoms with Crippen LogP contribution in [-0.4, -0.2) is 16.3 Å². The fourth-order valence-corrected chi connectivity index (χ4v) is 2.01. The van der Waals surface area contributed by atoms with Crippen LogP contribution in [0.15, 0.2) is 0 Å². The largest absolute Gasteiger partial charge is 0.310 e. The summed E-state index contributed by atoms with van der Waals surface area (Å²) in [6, 6.07) is 0.408. The molecule has 86 valence electrons. The SMILES string of the molecule is CCCCNC(C)c1c(C)nn(C)c1C. The lowest BCUT2D eigenvalue weighted by Gasteiger charge is -2.14. The third-order valence-electron chi connectivity index (χ3n) is 2.98. The van der Waals surface area contributed by atoms with Gasteiger partial charge in [-0.2, -0.15) is 5.10 Å². The highest BCUT2D eigenvalue weighted by atomic mass is 15.3. The summed E-state index contributed by atoms with van der Waals surface area (Å²) < 4.78 is 1.96. The van der Waals surface area contributed by atoms with E-state index >= 15 is 0 Å². The number of aryl methyl sites for hydroxylation is 2. The van der Waals surface area contributed by atoms with Crippen molar-refractivity contribution in [3.05, 3.63) is 17.0 Å². The molecule has 0 aromatic carbocycles. The summed E-state index contributed by atoms with van der Waals surface area (Å²) in [5.74, 6) is 0. The Morgan fingerprint density at radius 2 is 2.07 bits per heavy atom. The molecule has 3 nitrogen and oxygen atoms in total. The van der Waals surface area contributed by atoms with E-state index in [1.807, 2.05) is 11.7 Å². The number of aromatic nitrogens is 2. The fourth-order valence-electron chi connectivity index (χ4n) is 2.01.